The lowest BCUT2D eigenvalue weighted by molar-refractivity contribution is 0.251. The molecule has 3 N–H and O–H groups in total. The highest BCUT2D eigenvalue weighted by atomic mass is 32.1. The summed E-state index contributed by atoms with van der Waals surface area (Å²) in [5.74, 6) is 0.767. The number of nitrogens with zero attached hydrogens (tertiary/aromatic N) is 1. The van der Waals surface area contributed by atoms with E-state index in [2.05, 4.69) is 15.6 Å². The summed E-state index contributed by atoms with van der Waals surface area (Å²) in [6.45, 7) is 4.39. The van der Waals surface area contributed by atoms with E-state index in [9.17, 15) is 9.69 Å². The largest absolute Gasteiger partial charge is 0.497 e. The maximum atomic E-state index is 11.8. The number of anilines is 1. The quantitative estimate of drug-likeness (QED) is 0.678. The van der Waals surface area contributed by atoms with Gasteiger partial charge in [-0.3, -0.25) is 5.32 Å². The predicted octanol–water partition coefficient (Wildman–Crippen LogP) is 2.81. The van der Waals surface area contributed by atoms with Crippen molar-refractivity contribution in [2.24, 2.45) is 0 Å². The molecule has 0 radical (unpaired) electrons. The summed E-state index contributed by atoms with van der Waals surface area (Å²) < 4.78 is 10.6. The monoisotopic (exact) mass is 372 g/mol. The van der Waals surface area contributed by atoms with E-state index in [1.54, 1.807) is 7.11 Å². The molecule has 0 aliphatic heterocycles. The van der Waals surface area contributed by atoms with Gasteiger partial charge < -0.3 is 10.1 Å². The second-order valence-corrected chi connectivity index (χ2v) is 7.14. The summed E-state index contributed by atoms with van der Waals surface area (Å²) >= 11 is 1.19. The van der Waals surface area contributed by atoms with Crippen LogP contribution in [-0.2, 0) is 11.1 Å². The van der Waals surface area contributed by atoms with Crippen LogP contribution in [-0.4, -0.2) is 30.1 Å². The Morgan fingerprint density at radius 2 is 1.96 bits per heavy atom. The molecule has 2 aromatic rings. The number of carbonyl (C=O) groups excluding carboxylic acids is 1. The van der Waals surface area contributed by atoms with Gasteiger partial charge in [0.15, 0.2) is 5.13 Å². The molecule has 0 aliphatic rings. The standard InChI is InChI=1S/C13H16N3O4PS.C2H6/c1-19-10-5-3-9(4-6-10)7-14-12(17)16-13-15-8-11(22-13)21(18)20-2;1-2/h3-6,8,18H,7H2,1-2H3,(H2,14,15,16,17);1-2H3/p+1. The summed E-state index contributed by atoms with van der Waals surface area (Å²) in [6, 6.07) is 7.05. The van der Waals surface area contributed by atoms with Crippen molar-refractivity contribution in [2.45, 2.75) is 20.4 Å². The number of urea groups is 1. The lowest BCUT2D eigenvalue weighted by Crippen LogP contribution is -2.28. The van der Waals surface area contributed by atoms with Crippen molar-refractivity contribution in [1.82, 2.24) is 10.3 Å². The van der Waals surface area contributed by atoms with Crippen LogP contribution in [0.2, 0.25) is 0 Å². The molecule has 9 heteroatoms. The molecule has 2 amide bonds. The van der Waals surface area contributed by atoms with Crippen molar-refractivity contribution < 1.29 is 18.9 Å². The molecule has 1 unspecified atom stereocenters. The highest BCUT2D eigenvalue weighted by Gasteiger charge is 2.19. The lowest BCUT2D eigenvalue weighted by Gasteiger charge is -2.06. The number of nitrogens with one attached hydrogen (secondary N) is 2. The second-order valence-electron chi connectivity index (χ2n) is 4.19. The molecule has 2 rings (SSSR count). The molecule has 7 nitrogen and oxygen atoms in total. The minimum absolute atomic E-state index is 0.360. The van der Waals surface area contributed by atoms with E-state index in [-0.39, 0.29) is 6.03 Å². The third-order valence-electron chi connectivity index (χ3n) is 2.74. The number of ether oxygens (including phenoxy) is 1. The van der Waals surface area contributed by atoms with E-state index >= 15 is 0 Å². The van der Waals surface area contributed by atoms with Crippen molar-refractivity contribution in [1.29, 1.82) is 0 Å². The zero-order chi connectivity index (χ0) is 17.9. The first-order valence-corrected chi connectivity index (χ1v) is 9.53. The number of benzene rings is 1. The summed E-state index contributed by atoms with van der Waals surface area (Å²) in [5, 5.41) is 5.76. The topological polar surface area (TPSA) is 92.7 Å². The van der Waals surface area contributed by atoms with Gasteiger partial charge in [0.1, 0.15) is 5.75 Å². The molecule has 24 heavy (non-hydrogen) atoms. The average molecular weight is 372 g/mol. The Kier molecular flexibility index (Phi) is 9.26. The SMILES string of the molecule is CC.COc1ccc(CNC(=O)Nc2ncc([PH+](O)OC)s2)cc1. The molecular formula is C15H23N3O4PS+. The summed E-state index contributed by atoms with van der Waals surface area (Å²) in [4.78, 5) is 25.4. The van der Waals surface area contributed by atoms with Gasteiger partial charge in [-0.1, -0.05) is 37.3 Å². The van der Waals surface area contributed by atoms with Crippen molar-refractivity contribution >= 4 is 35.5 Å². The van der Waals surface area contributed by atoms with Gasteiger partial charge in [0.2, 0.25) is 4.62 Å². The van der Waals surface area contributed by atoms with E-state index in [0.717, 1.165) is 11.3 Å². The molecule has 0 saturated heterocycles. The predicted molar refractivity (Wildman–Crippen MR) is 99.5 cm³/mol. The van der Waals surface area contributed by atoms with E-state index in [0.29, 0.717) is 16.3 Å². The fraction of sp³-hybridized carbons (Fsp3) is 0.333. The zero-order valence-corrected chi connectivity index (χ0v) is 15.9. The molecular weight excluding hydrogens is 349 g/mol. The van der Waals surface area contributed by atoms with Crippen LogP contribution in [0.3, 0.4) is 0 Å². The van der Waals surface area contributed by atoms with Crippen LogP contribution in [0.1, 0.15) is 19.4 Å². The molecule has 1 aromatic carbocycles. The van der Waals surface area contributed by atoms with Gasteiger partial charge in [-0.05, 0) is 17.7 Å². The molecule has 0 fully saturated rings. The van der Waals surface area contributed by atoms with Crippen molar-refractivity contribution in [3.05, 3.63) is 36.0 Å². The molecule has 0 aliphatic carbocycles. The second kappa shape index (κ2) is 10.9. The highest BCUT2D eigenvalue weighted by Crippen LogP contribution is 2.32. The summed E-state index contributed by atoms with van der Waals surface area (Å²) in [5.41, 5.74) is 0.955. The van der Waals surface area contributed by atoms with Crippen LogP contribution in [0.25, 0.3) is 0 Å². The first-order chi connectivity index (χ1) is 11.6. The summed E-state index contributed by atoms with van der Waals surface area (Å²) in [7, 11) is 1.03. The maximum absolute atomic E-state index is 11.8. The van der Waals surface area contributed by atoms with Gasteiger partial charge in [-0.25, -0.2) is 19.2 Å². The Morgan fingerprint density at radius 3 is 2.54 bits per heavy atom. The van der Waals surface area contributed by atoms with Crippen molar-refractivity contribution in [2.75, 3.05) is 19.5 Å². The number of hydrogen-bond acceptors (Lipinski definition) is 6. The van der Waals surface area contributed by atoms with Gasteiger partial charge in [0.05, 0.1) is 20.4 Å². The molecule has 0 spiro atoms. The lowest BCUT2D eigenvalue weighted by atomic mass is 10.2. The molecule has 1 aromatic heterocycles. The summed E-state index contributed by atoms with van der Waals surface area (Å²) in [6.07, 6.45) is 1.50. The number of amides is 2. The molecule has 0 bridgehead atoms. The number of methoxy groups -OCH3 is 1. The number of thiazole rings is 1. The Bertz CT molecular complexity index is 621. The van der Waals surface area contributed by atoms with Crippen LogP contribution >= 0.6 is 19.7 Å². The van der Waals surface area contributed by atoms with E-state index in [4.69, 9.17) is 9.26 Å². The fourth-order valence-corrected chi connectivity index (χ4v) is 3.43. The maximum Gasteiger partial charge on any atom is 0.321 e. The number of hydrogen-bond donors (Lipinski definition) is 3. The molecule has 1 atom stereocenters. The van der Waals surface area contributed by atoms with Crippen molar-refractivity contribution in [3.8, 4) is 5.75 Å². The number of rotatable bonds is 6. The number of carbonyl (C=O) groups is 1. The normalized spacial score (nSPS) is 11.0. The fourth-order valence-electron chi connectivity index (χ4n) is 1.60. The zero-order valence-electron chi connectivity index (χ0n) is 14.1. The first-order valence-electron chi connectivity index (χ1n) is 7.36. The Labute approximate surface area is 146 Å². The molecule has 132 valence electrons. The highest BCUT2D eigenvalue weighted by molar-refractivity contribution is 7.63. The van der Waals surface area contributed by atoms with Gasteiger partial charge in [0, 0.05) is 6.54 Å². The minimum atomic E-state index is -2.01. The first kappa shape index (κ1) is 20.3. The third-order valence-corrected chi connectivity index (χ3v) is 5.24. The van der Waals surface area contributed by atoms with Gasteiger partial charge >= 0.3 is 14.4 Å². The van der Waals surface area contributed by atoms with Gasteiger partial charge in [-0.2, -0.15) is 0 Å². The van der Waals surface area contributed by atoms with Crippen molar-refractivity contribution in [3.63, 3.8) is 0 Å². The van der Waals surface area contributed by atoms with Gasteiger partial charge in [0.25, 0.3) is 0 Å². The minimum Gasteiger partial charge on any atom is -0.497 e. The Morgan fingerprint density at radius 1 is 1.29 bits per heavy atom. The van der Waals surface area contributed by atoms with Crippen LogP contribution < -0.4 is 20.0 Å². The van der Waals surface area contributed by atoms with Crippen LogP contribution in [0.5, 0.6) is 5.75 Å². The number of aromatic nitrogens is 1. The smallest absolute Gasteiger partial charge is 0.321 e. The van der Waals surface area contributed by atoms with Crippen LogP contribution in [0.4, 0.5) is 9.93 Å². The van der Waals surface area contributed by atoms with E-state index in [1.807, 2.05) is 38.1 Å². The van der Waals surface area contributed by atoms with Crippen LogP contribution in [0, 0.1) is 0 Å². The third kappa shape index (κ3) is 6.41. The molecule has 1 heterocycles. The Balaban J connectivity index is 0.00000139. The molecule has 0 saturated carbocycles. The van der Waals surface area contributed by atoms with E-state index in [1.165, 1.54) is 24.6 Å². The van der Waals surface area contributed by atoms with E-state index < -0.39 is 8.38 Å². The van der Waals surface area contributed by atoms with Crippen LogP contribution in [0.15, 0.2) is 30.5 Å². The van der Waals surface area contributed by atoms with Gasteiger partial charge in [-0.15, -0.1) is 0 Å². The average Bonchev–Trinajstić information content (AvgIpc) is 3.10. The Hall–Kier alpha value is -1.73.